The number of anilines is 1. The van der Waals surface area contributed by atoms with Crippen LogP contribution in [0.4, 0.5) is 5.82 Å². The van der Waals surface area contributed by atoms with Crippen LogP contribution in [0.1, 0.15) is 57.4 Å². The van der Waals surface area contributed by atoms with Crippen molar-refractivity contribution in [2.45, 2.75) is 63.7 Å². The van der Waals surface area contributed by atoms with Crippen LogP contribution in [-0.4, -0.2) is 21.1 Å². The Morgan fingerprint density at radius 2 is 2.21 bits per heavy atom. The minimum Gasteiger partial charge on any atom is -0.310 e. The van der Waals surface area contributed by atoms with Crippen LogP contribution in [0, 0.1) is 22.7 Å². The van der Waals surface area contributed by atoms with Crippen molar-refractivity contribution in [3.63, 3.8) is 0 Å². The second kappa shape index (κ2) is 8.96. The second-order valence-electron chi connectivity index (χ2n) is 8.58. The van der Waals surface area contributed by atoms with E-state index in [1.54, 1.807) is 12.3 Å². The number of amides is 1. The Bertz CT molecular complexity index is 915. The Morgan fingerprint density at radius 3 is 2.83 bits per heavy atom. The van der Waals surface area contributed by atoms with E-state index >= 15 is 0 Å². The lowest BCUT2D eigenvalue weighted by molar-refractivity contribution is -0.115. The molecule has 29 heavy (non-hydrogen) atoms. The van der Waals surface area contributed by atoms with Gasteiger partial charge in [0, 0.05) is 11.9 Å². The summed E-state index contributed by atoms with van der Waals surface area (Å²) in [6.45, 7) is 8.79. The Kier molecular flexibility index (Phi) is 6.59. The number of aryl methyl sites for hydroxylation is 1. The molecule has 2 aromatic rings. The van der Waals surface area contributed by atoms with Gasteiger partial charge in [-0.3, -0.25) is 4.79 Å². The molecule has 152 valence electrons. The average Bonchev–Trinajstić information content (AvgIpc) is 2.70. The van der Waals surface area contributed by atoms with Gasteiger partial charge < -0.3 is 5.32 Å². The van der Waals surface area contributed by atoms with Gasteiger partial charge in [0.15, 0.2) is 0 Å². The van der Waals surface area contributed by atoms with Gasteiger partial charge in [0.2, 0.25) is 5.91 Å². The van der Waals surface area contributed by atoms with Crippen molar-refractivity contribution in [1.82, 2.24) is 9.97 Å². The number of nitrogens with zero attached hydrogens (tertiary/aromatic N) is 3. The minimum absolute atomic E-state index is 0.118. The molecule has 0 aliphatic heterocycles. The van der Waals surface area contributed by atoms with Crippen LogP contribution in [0.15, 0.2) is 35.5 Å². The van der Waals surface area contributed by atoms with Crippen molar-refractivity contribution in [3.05, 3.63) is 47.3 Å². The molecule has 2 atom stereocenters. The zero-order valence-electron chi connectivity index (χ0n) is 17.5. The number of hydrogen-bond donors (Lipinski definition) is 1. The van der Waals surface area contributed by atoms with Crippen molar-refractivity contribution in [3.8, 4) is 6.07 Å². The predicted molar refractivity (Wildman–Crippen MR) is 117 cm³/mol. The second-order valence-corrected chi connectivity index (χ2v) is 9.77. The van der Waals surface area contributed by atoms with Gasteiger partial charge in [0.05, 0.1) is 10.8 Å². The number of nitrogens with one attached hydrogen (secondary N) is 1. The Balaban J connectivity index is 1.80. The summed E-state index contributed by atoms with van der Waals surface area (Å²) in [5.74, 6) is 1.01. The highest BCUT2D eigenvalue weighted by Crippen LogP contribution is 2.38. The normalized spacial score (nSPS) is 17.1. The molecular weight excluding hydrogens is 380 g/mol. The topological polar surface area (TPSA) is 78.7 Å². The first-order chi connectivity index (χ1) is 13.8. The molecule has 1 amide bonds. The zero-order chi connectivity index (χ0) is 21.0. The van der Waals surface area contributed by atoms with Gasteiger partial charge in [0.1, 0.15) is 16.9 Å². The lowest BCUT2D eigenvalue weighted by Crippen LogP contribution is -2.28. The van der Waals surface area contributed by atoms with Crippen LogP contribution in [0.25, 0.3) is 0 Å². The van der Waals surface area contributed by atoms with E-state index in [1.807, 2.05) is 25.1 Å². The van der Waals surface area contributed by atoms with E-state index in [0.29, 0.717) is 28.7 Å². The molecule has 1 aliphatic rings. The molecule has 0 spiro atoms. The molecule has 0 saturated heterocycles. The summed E-state index contributed by atoms with van der Waals surface area (Å²) in [5.41, 5.74) is 3.07. The fourth-order valence-corrected chi connectivity index (χ4v) is 4.65. The van der Waals surface area contributed by atoms with Crippen molar-refractivity contribution in [2.24, 2.45) is 11.3 Å². The first-order valence-electron chi connectivity index (χ1n) is 10.1. The predicted octanol–water partition coefficient (Wildman–Crippen LogP) is 5.01. The highest BCUT2D eigenvalue weighted by Gasteiger charge is 2.30. The first-order valence-corrected chi connectivity index (χ1v) is 11.0. The molecule has 6 heteroatoms. The third-order valence-electron chi connectivity index (χ3n) is 5.53. The van der Waals surface area contributed by atoms with Crippen LogP contribution in [-0.2, 0) is 17.6 Å². The molecule has 2 aromatic heterocycles. The van der Waals surface area contributed by atoms with Crippen molar-refractivity contribution < 1.29 is 4.79 Å². The number of rotatable bonds is 5. The van der Waals surface area contributed by atoms with Gasteiger partial charge >= 0.3 is 0 Å². The van der Waals surface area contributed by atoms with Gasteiger partial charge in [-0.05, 0) is 60.8 Å². The average molecular weight is 409 g/mol. The fourth-order valence-electron chi connectivity index (χ4n) is 3.66. The van der Waals surface area contributed by atoms with E-state index in [-0.39, 0.29) is 16.6 Å². The van der Waals surface area contributed by atoms with E-state index in [4.69, 9.17) is 4.98 Å². The number of pyridine rings is 2. The summed E-state index contributed by atoms with van der Waals surface area (Å²) in [6.07, 6.45) is 5.28. The minimum atomic E-state index is -0.333. The maximum atomic E-state index is 12.7. The molecule has 5 nitrogen and oxygen atoms in total. The molecule has 2 heterocycles. The lowest BCUT2D eigenvalue weighted by atomic mass is 9.71. The molecule has 0 aromatic carbocycles. The molecule has 0 fully saturated rings. The molecule has 0 radical (unpaired) electrons. The molecule has 1 aliphatic carbocycles. The summed E-state index contributed by atoms with van der Waals surface area (Å²) >= 11 is 1.37. The van der Waals surface area contributed by atoms with Crippen LogP contribution >= 0.6 is 11.8 Å². The highest BCUT2D eigenvalue weighted by molar-refractivity contribution is 8.00. The molecule has 0 bridgehead atoms. The van der Waals surface area contributed by atoms with Crippen molar-refractivity contribution >= 4 is 23.5 Å². The summed E-state index contributed by atoms with van der Waals surface area (Å²) in [5, 5.41) is 12.9. The number of nitriles is 1. The molecule has 3 rings (SSSR count). The third-order valence-corrected chi connectivity index (χ3v) is 6.90. The number of carbonyl (C=O) groups excluding carboxylic acids is 1. The van der Waals surface area contributed by atoms with Crippen LogP contribution in [0.3, 0.4) is 0 Å². The van der Waals surface area contributed by atoms with E-state index < -0.39 is 0 Å². The number of aromatic nitrogens is 2. The number of thioether (sulfide) groups is 1. The quantitative estimate of drug-likeness (QED) is 0.704. The van der Waals surface area contributed by atoms with Gasteiger partial charge in [-0.25, -0.2) is 9.97 Å². The smallest absolute Gasteiger partial charge is 0.239 e. The van der Waals surface area contributed by atoms with E-state index in [9.17, 15) is 10.1 Å². The lowest BCUT2D eigenvalue weighted by Gasteiger charge is -2.34. The SMILES string of the molecule is CCC(Sc1nc2c(cc1C#N)CC(C(C)(C)C)CC2)C(=O)Nc1ccccn1. The summed E-state index contributed by atoms with van der Waals surface area (Å²) in [7, 11) is 0. The molecule has 1 N–H and O–H groups in total. The standard InChI is InChI=1S/C23H28N4OS/c1-5-19(21(28)27-20-8-6-7-11-25-20)29-22-16(14-24)12-15-13-17(23(2,3)4)9-10-18(15)26-22/h6-8,11-12,17,19H,5,9-10,13H2,1-4H3,(H,25,27,28). The van der Waals surface area contributed by atoms with Crippen molar-refractivity contribution in [2.75, 3.05) is 5.32 Å². The van der Waals surface area contributed by atoms with Crippen molar-refractivity contribution in [1.29, 1.82) is 5.26 Å². The van der Waals surface area contributed by atoms with E-state index in [0.717, 1.165) is 25.0 Å². The van der Waals surface area contributed by atoms with Crippen LogP contribution < -0.4 is 5.32 Å². The van der Waals surface area contributed by atoms with E-state index in [2.05, 4.69) is 37.1 Å². The summed E-state index contributed by atoms with van der Waals surface area (Å²) in [4.78, 5) is 21.7. The monoisotopic (exact) mass is 408 g/mol. The summed E-state index contributed by atoms with van der Waals surface area (Å²) < 4.78 is 0. The van der Waals surface area contributed by atoms with Gasteiger partial charge in [0.25, 0.3) is 0 Å². The highest BCUT2D eigenvalue weighted by atomic mass is 32.2. The number of fused-ring (bicyclic) bond motifs is 1. The van der Waals surface area contributed by atoms with Crippen LogP contribution in [0.2, 0.25) is 0 Å². The molecule has 0 saturated carbocycles. The summed E-state index contributed by atoms with van der Waals surface area (Å²) in [6, 6.07) is 9.69. The Morgan fingerprint density at radius 1 is 1.41 bits per heavy atom. The fraction of sp³-hybridized carbons (Fsp3) is 0.478. The van der Waals surface area contributed by atoms with Crippen LogP contribution in [0.5, 0.6) is 0 Å². The number of carbonyl (C=O) groups is 1. The maximum Gasteiger partial charge on any atom is 0.239 e. The molecule has 2 unspecified atom stereocenters. The van der Waals surface area contributed by atoms with Gasteiger partial charge in [-0.2, -0.15) is 5.26 Å². The maximum absolute atomic E-state index is 12.7. The Hall–Kier alpha value is -2.39. The third kappa shape index (κ3) is 5.16. The van der Waals surface area contributed by atoms with Gasteiger partial charge in [-0.15, -0.1) is 0 Å². The molecular formula is C23H28N4OS. The number of hydrogen-bond acceptors (Lipinski definition) is 5. The Labute approximate surface area is 177 Å². The largest absolute Gasteiger partial charge is 0.310 e. The van der Waals surface area contributed by atoms with E-state index in [1.165, 1.54) is 17.3 Å². The van der Waals surface area contributed by atoms with Gasteiger partial charge in [-0.1, -0.05) is 45.5 Å². The zero-order valence-corrected chi connectivity index (χ0v) is 18.3. The first kappa shape index (κ1) is 21.3.